The van der Waals surface area contributed by atoms with Gasteiger partial charge in [-0.1, -0.05) is 48.0 Å². The molecule has 0 bridgehead atoms. The maximum Gasteiger partial charge on any atom is 0.291 e. The standard InChI is InChI=1S/C24H20ClNO5/c1-28-21-12-18(25)19(13-22(21)29-2)26-24(27)23-17(14-30-15-8-4-3-5-9-15)16-10-6-7-11-20(16)31-23/h3-13H,14H2,1-2H3,(H,26,27). The molecule has 7 heteroatoms. The van der Waals surface area contributed by atoms with Gasteiger partial charge in [-0.2, -0.15) is 0 Å². The SMILES string of the molecule is COc1cc(Cl)c(NC(=O)c2oc3ccccc3c2COc2ccccc2)cc1OC. The summed E-state index contributed by atoms with van der Waals surface area (Å²) in [6.07, 6.45) is 0. The fourth-order valence-electron chi connectivity index (χ4n) is 3.23. The number of carbonyl (C=O) groups excluding carboxylic acids is 1. The second-order valence-corrected chi connectivity index (χ2v) is 7.06. The third-order valence-corrected chi connectivity index (χ3v) is 5.07. The first kappa shape index (κ1) is 20.6. The van der Waals surface area contributed by atoms with Crippen LogP contribution in [0, 0.1) is 0 Å². The molecule has 4 aromatic rings. The van der Waals surface area contributed by atoms with E-state index in [9.17, 15) is 4.79 Å². The third kappa shape index (κ3) is 4.29. The zero-order valence-corrected chi connectivity index (χ0v) is 17.7. The number of benzene rings is 3. The second-order valence-electron chi connectivity index (χ2n) is 6.65. The lowest BCUT2D eigenvalue weighted by atomic mass is 10.1. The minimum Gasteiger partial charge on any atom is -0.493 e. The Labute approximate surface area is 184 Å². The topological polar surface area (TPSA) is 69.9 Å². The van der Waals surface area contributed by atoms with Gasteiger partial charge in [-0.05, 0) is 18.2 Å². The van der Waals surface area contributed by atoms with Gasteiger partial charge in [0.1, 0.15) is 17.9 Å². The van der Waals surface area contributed by atoms with Gasteiger partial charge >= 0.3 is 0 Å². The fraction of sp³-hybridized carbons (Fsp3) is 0.125. The average molecular weight is 438 g/mol. The summed E-state index contributed by atoms with van der Waals surface area (Å²) < 4.78 is 22.3. The molecule has 0 aliphatic carbocycles. The van der Waals surface area contributed by atoms with Gasteiger partial charge in [0.05, 0.1) is 24.9 Å². The first-order chi connectivity index (χ1) is 15.1. The maximum absolute atomic E-state index is 13.1. The van der Waals surface area contributed by atoms with Crippen LogP contribution in [0.25, 0.3) is 11.0 Å². The summed E-state index contributed by atoms with van der Waals surface area (Å²) in [5, 5.41) is 3.91. The molecular formula is C24H20ClNO5. The number of fused-ring (bicyclic) bond motifs is 1. The number of nitrogens with one attached hydrogen (secondary N) is 1. The number of amides is 1. The average Bonchev–Trinajstić information content (AvgIpc) is 3.18. The summed E-state index contributed by atoms with van der Waals surface area (Å²) in [5.74, 6) is 1.31. The van der Waals surface area contributed by atoms with Crippen molar-refractivity contribution in [3.63, 3.8) is 0 Å². The van der Waals surface area contributed by atoms with Crippen molar-refractivity contribution in [2.45, 2.75) is 6.61 Å². The highest BCUT2D eigenvalue weighted by Crippen LogP contribution is 2.37. The molecule has 3 aromatic carbocycles. The number of carbonyl (C=O) groups is 1. The lowest BCUT2D eigenvalue weighted by molar-refractivity contribution is 0.0995. The van der Waals surface area contributed by atoms with Crippen LogP contribution in [-0.2, 0) is 6.61 Å². The maximum atomic E-state index is 13.1. The fourth-order valence-corrected chi connectivity index (χ4v) is 3.43. The van der Waals surface area contributed by atoms with Crippen molar-refractivity contribution in [2.75, 3.05) is 19.5 Å². The Morgan fingerprint density at radius 3 is 2.39 bits per heavy atom. The Balaban J connectivity index is 1.66. The number of anilines is 1. The molecule has 158 valence electrons. The Morgan fingerprint density at radius 2 is 1.65 bits per heavy atom. The summed E-state index contributed by atoms with van der Waals surface area (Å²) in [5.41, 5.74) is 1.62. The van der Waals surface area contributed by atoms with E-state index >= 15 is 0 Å². The Hall–Kier alpha value is -3.64. The molecule has 4 rings (SSSR count). The van der Waals surface area contributed by atoms with Crippen LogP contribution in [0.1, 0.15) is 16.1 Å². The molecule has 0 saturated heterocycles. The van der Waals surface area contributed by atoms with Crippen LogP contribution in [0.5, 0.6) is 17.2 Å². The van der Waals surface area contributed by atoms with E-state index < -0.39 is 5.91 Å². The number of rotatable bonds is 7. The van der Waals surface area contributed by atoms with Gasteiger partial charge in [-0.25, -0.2) is 0 Å². The lowest BCUT2D eigenvalue weighted by Crippen LogP contribution is -2.14. The largest absolute Gasteiger partial charge is 0.493 e. The van der Waals surface area contributed by atoms with E-state index in [1.54, 1.807) is 12.1 Å². The molecule has 0 saturated carbocycles. The highest BCUT2D eigenvalue weighted by atomic mass is 35.5. The third-order valence-electron chi connectivity index (χ3n) is 4.75. The Bertz CT molecular complexity index is 1220. The molecule has 0 radical (unpaired) electrons. The van der Waals surface area contributed by atoms with Crippen molar-refractivity contribution >= 4 is 34.2 Å². The van der Waals surface area contributed by atoms with Crippen LogP contribution >= 0.6 is 11.6 Å². The number of furan rings is 1. The number of para-hydroxylation sites is 2. The summed E-state index contributed by atoms with van der Waals surface area (Å²) in [7, 11) is 3.02. The van der Waals surface area contributed by atoms with E-state index in [0.717, 1.165) is 5.39 Å². The van der Waals surface area contributed by atoms with E-state index in [2.05, 4.69) is 5.32 Å². The van der Waals surface area contributed by atoms with Gasteiger partial charge in [-0.3, -0.25) is 4.79 Å². The number of hydrogen-bond acceptors (Lipinski definition) is 5. The lowest BCUT2D eigenvalue weighted by Gasteiger charge is -2.12. The van der Waals surface area contributed by atoms with Crippen LogP contribution in [-0.4, -0.2) is 20.1 Å². The molecule has 1 aromatic heterocycles. The zero-order chi connectivity index (χ0) is 21.8. The number of methoxy groups -OCH3 is 2. The van der Waals surface area contributed by atoms with Crippen molar-refractivity contribution in [3.8, 4) is 17.2 Å². The first-order valence-electron chi connectivity index (χ1n) is 9.52. The molecule has 0 aliphatic heterocycles. The normalized spacial score (nSPS) is 10.7. The molecule has 0 atom stereocenters. The molecule has 1 amide bonds. The minimum atomic E-state index is -0.447. The van der Waals surface area contributed by atoms with E-state index in [4.69, 9.17) is 30.2 Å². The van der Waals surface area contributed by atoms with Crippen molar-refractivity contribution in [2.24, 2.45) is 0 Å². The molecule has 0 spiro atoms. The quantitative estimate of drug-likeness (QED) is 0.387. The van der Waals surface area contributed by atoms with Gasteiger partial charge < -0.3 is 23.9 Å². The van der Waals surface area contributed by atoms with E-state index in [-0.39, 0.29) is 12.4 Å². The van der Waals surface area contributed by atoms with Crippen molar-refractivity contribution in [1.29, 1.82) is 0 Å². The first-order valence-corrected chi connectivity index (χ1v) is 9.89. The number of hydrogen-bond donors (Lipinski definition) is 1. The van der Waals surface area contributed by atoms with Crippen LogP contribution in [0.15, 0.2) is 71.1 Å². The highest BCUT2D eigenvalue weighted by molar-refractivity contribution is 6.34. The van der Waals surface area contributed by atoms with Crippen LogP contribution in [0.3, 0.4) is 0 Å². The predicted molar refractivity (Wildman–Crippen MR) is 119 cm³/mol. The van der Waals surface area contributed by atoms with Gasteiger partial charge in [0.25, 0.3) is 5.91 Å². The smallest absolute Gasteiger partial charge is 0.291 e. The van der Waals surface area contributed by atoms with Gasteiger partial charge in [0.15, 0.2) is 17.3 Å². The van der Waals surface area contributed by atoms with E-state index in [1.807, 2.05) is 54.6 Å². The Morgan fingerprint density at radius 1 is 0.968 bits per heavy atom. The predicted octanol–water partition coefficient (Wildman–Crippen LogP) is 5.93. The molecule has 0 fully saturated rings. The number of ether oxygens (including phenoxy) is 3. The van der Waals surface area contributed by atoms with Crippen LogP contribution in [0.4, 0.5) is 5.69 Å². The van der Waals surface area contributed by atoms with E-state index in [1.165, 1.54) is 14.2 Å². The molecule has 31 heavy (non-hydrogen) atoms. The molecule has 6 nitrogen and oxygen atoms in total. The molecule has 1 N–H and O–H groups in total. The molecule has 0 aliphatic rings. The summed E-state index contributed by atoms with van der Waals surface area (Å²) >= 11 is 6.32. The van der Waals surface area contributed by atoms with Crippen molar-refractivity contribution in [1.82, 2.24) is 0 Å². The van der Waals surface area contributed by atoms with Gasteiger partial charge in [0, 0.05) is 23.1 Å². The summed E-state index contributed by atoms with van der Waals surface area (Å²) in [6, 6.07) is 20.0. The van der Waals surface area contributed by atoms with Crippen molar-refractivity contribution in [3.05, 3.63) is 83.1 Å². The second kappa shape index (κ2) is 9.02. The van der Waals surface area contributed by atoms with Crippen molar-refractivity contribution < 1.29 is 23.4 Å². The molecular weight excluding hydrogens is 418 g/mol. The number of halogens is 1. The van der Waals surface area contributed by atoms with Crippen LogP contribution < -0.4 is 19.5 Å². The monoisotopic (exact) mass is 437 g/mol. The molecule has 0 unspecified atom stereocenters. The van der Waals surface area contributed by atoms with Gasteiger partial charge in [-0.15, -0.1) is 0 Å². The highest BCUT2D eigenvalue weighted by Gasteiger charge is 2.22. The minimum absolute atomic E-state index is 0.156. The molecule has 1 heterocycles. The zero-order valence-electron chi connectivity index (χ0n) is 17.0. The summed E-state index contributed by atoms with van der Waals surface area (Å²) in [6.45, 7) is 0.170. The van der Waals surface area contributed by atoms with E-state index in [0.29, 0.717) is 39.1 Å². The van der Waals surface area contributed by atoms with Gasteiger partial charge in [0.2, 0.25) is 0 Å². The Kier molecular flexibility index (Phi) is 6.00. The van der Waals surface area contributed by atoms with Crippen LogP contribution in [0.2, 0.25) is 5.02 Å². The summed E-state index contributed by atoms with van der Waals surface area (Å²) in [4.78, 5) is 13.1.